The molecule has 0 bridgehead atoms. The molecule has 206 valence electrons. The number of fused-ring (bicyclic) bond motifs is 1. The average Bonchev–Trinajstić information content (AvgIpc) is 3.27. The normalized spacial score (nSPS) is 15.6. The predicted octanol–water partition coefficient (Wildman–Crippen LogP) is 6.98. The van der Waals surface area contributed by atoms with Gasteiger partial charge in [0.25, 0.3) is 0 Å². The average molecular weight is 534 g/mol. The van der Waals surface area contributed by atoms with Crippen LogP contribution in [0.2, 0.25) is 0 Å². The van der Waals surface area contributed by atoms with E-state index in [2.05, 4.69) is 50.7 Å². The molecule has 1 fully saturated rings. The first-order valence-corrected chi connectivity index (χ1v) is 13.4. The lowest BCUT2D eigenvalue weighted by molar-refractivity contribution is 0.270. The van der Waals surface area contributed by atoms with Gasteiger partial charge >= 0.3 is 0 Å². The minimum Gasteiger partial charge on any atom is -0.326 e. The van der Waals surface area contributed by atoms with E-state index in [1.807, 2.05) is 31.4 Å². The molecule has 1 N–H and O–H groups in total. The molecule has 0 aliphatic carbocycles. The molecule has 0 unspecified atom stereocenters. The summed E-state index contributed by atoms with van der Waals surface area (Å²) in [6.45, 7) is 18.3. The molecular formula is C30H37F2N7. The highest BCUT2D eigenvalue weighted by molar-refractivity contribution is 5.94. The Balaban J connectivity index is 1.60. The Kier molecular flexibility index (Phi) is 8.70. The number of benzene rings is 1. The summed E-state index contributed by atoms with van der Waals surface area (Å²) in [4.78, 5) is 19.7. The maximum absolute atomic E-state index is 15.0. The van der Waals surface area contributed by atoms with E-state index < -0.39 is 11.6 Å². The second kappa shape index (κ2) is 12.0. The maximum Gasteiger partial charge on any atom is 0.228 e. The fourth-order valence-corrected chi connectivity index (χ4v) is 5.14. The summed E-state index contributed by atoms with van der Waals surface area (Å²) in [6, 6.07) is 6.82. The van der Waals surface area contributed by atoms with Crippen LogP contribution in [0.5, 0.6) is 0 Å². The van der Waals surface area contributed by atoms with Crippen molar-refractivity contribution in [2.45, 2.75) is 60.4 Å². The van der Waals surface area contributed by atoms with E-state index in [0.29, 0.717) is 22.7 Å². The van der Waals surface area contributed by atoms with E-state index >= 15 is 4.39 Å². The number of aliphatic imine (C=N–C) groups is 2. The van der Waals surface area contributed by atoms with E-state index in [4.69, 9.17) is 0 Å². The summed E-state index contributed by atoms with van der Waals surface area (Å²) in [5.74, 6) is 0.0692. The van der Waals surface area contributed by atoms with E-state index in [1.54, 1.807) is 18.3 Å². The third kappa shape index (κ3) is 6.14. The van der Waals surface area contributed by atoms with Crippen molar-refractivity contribution in [3.05, 3.63) is 64.6 Å². The second-order valence-electron chi connectivity index (χ2n) is 10.1. The first-order chi connectivity index (χ1) is 18.6. The summed E-state index contributed by atoms with van der Waals surface area (Å²) < 4.78 is 31.7. The van der Waals surface area contributed by atoms with Crippen LogP contribution in [0.1, 0.15) is 70.5 Å². The second-order valence-corrected chi connectivity index (χ2v) is 10.1. The number of rotatable bonds is 6. The number of piperidine rings is 1. The number of likely N-dealkylation sites (tertiary alicyclic amines) is 1. The standard InChI is InChI=1S/C30H37F2N7/c1-8-38-13-11-22(12-14-38)19(4)23-9-10-27(34-17-23)36-30(33-7)37-28(20(5)31)24-15-25(32)29-26(16-24)39(18(2)3)21(6)35-29/h9-10,15-18H,7-8,11-14H2,1-6H3,(H,34,36,37)/b28-20+. The highest BCUT2D eigenvalue weighted by Gasteiger charge is 2.19. The predicted molar refractivity (Wildman–Crippen MR) is 156 cm³/mol. The number of guanidine groups is 1. The van der Waals surface area contributed by atoms with Crippen LogP contribution in [0, 0.1) is 12.7 Å². The molecule has 7 nitrogen and oxygen atoms in total. The molecule has 1 aliphatic heterocycles. The van der Waals surface area contributed by atoms with Crippen molar-refractivity contribution in [2.75, 3.05) is 19.6 Å². The van der Waals surface area contributed by atoms with Gasteiger partial charge in [-0.05, 0) is 96.1 Å². The minimum absolute atomic E-state index is 0.0479. The highest BCUT2D eigenvalue weighted by Crippen LogP contribution is 2.29. The molecule has 1 aliphatic rings. The van der Waals surface area contributed by atoms with Gasteiger partial charge < -0.3 is 14.8 Å². The van der Waals surface area contributed by atoms with Crippen molar-refractivity contribution in [1.82, 2.24) is 24.8 Å². The minimum atomic E-state index is -0.544. The van der Waals surface area contributed by atoms with Crippen LogP contribution in [0.3, 0.4) is 0 Å². The van der Waals surface area contributed by atoms with Crippen molar-refractivity contribution in [2.24, 2.45) is 9.98 Å². The molecule has 0 amide bonds. The number of pyridine rings is 1. The Morgan fingerprint density at radius 2 is 1.87 bits per heavy atom. The van der Waals surface area contributed by atoms with E-state index in [9.17, 15) is 4.39 Å². The van der Waals surface area contributed by atoms with E-state index in [1.165, 1.54) is 24.1 Å². The number of nitrogens with one attached hydrogen (secondary N) is 1. The lowest BCUT2D eigenvalue weighted by atomic mass is 9.95. The topological polar surface area (TPSA) is 70.7 Å². The number of nitrogens with zero attached hydrogens (tertiary/aromatic N) is 6. The van der Waals surface area contributed by atoms with Gasteiger partial charge in [-0.3, -0.25) is 0 Å². The van der Waals surface area contributed by atoms with Crippen molar-refractivity contribution in [3.63, 3.8) is 0 Å². The molecule has 9 heteroatoms. The van der Waals surface area contributed by atoms with Gasteiger partial charge in [0.2, 0.25) is 5.96 Å². The van der Waals surface area contributed by atoms with Gasteiger partial charge in [0.15, 0.2) is 11.6 Å². The van der Waals surface area contributed by atoms with Crippen LogP contribution in [0.15, 0.2) is 51.8 Å². The van der Waals surface area contributed by atoms with Crippen LogP contribution in [-0.4, -0.2) is 51.7 Å². The van der Waals surface area contributed by atoms with Crippen LogP contribution in [0.4, 0.5) is 14.6 Å². The number of hydrogen-bond donors (Lipinski definition) is 1. The number of aromatic nitrogens is 3. The third-order valence-electron chi connectivity index (χ3n) is 7.30. The fourth-order valence-electron chi connectivity index (χ4n) is 5.14. The van der Waals surface area contributed by atoms with Crippen molar-refractivity contribution in [1.29, 1.82) is 0 Å². The molecule has 2 aromatic heterocycles. The number of halogens is 2. The van der Waals surface area contributed by atoms with Crippen LogP contribution < -0.4 is 5.32 Å². The summed E-state index contributed by atoms with van der Waals surface area (Å²) in [5, 5.41) is 2.89. The largest absolute Gasteiger partial charge is 0.326 e. The van der Waals surface area contributed by atoms with Gasteiger partial charge in [-0.15, -0.1) is 0 Å². The Hall–Kier alpha value is -3.72. The van der Waals surface area contributed by atoms with Gasteiger partial charge in [-0.1, -0.05) is 12.5 Å². The lowest BCUT2D eigenvalue weighted by Crippen LogP contribution is -2.30. The zero-order valence-electron chi connectivity index (χ0n) is 23.6. The lowest BCUT2D eigenvalue weighted by Gasteiger charge is -2.28. The summed E-state index contributed by atoms with van der Waals surface area (Å²) in [5.41, 5.74) is 4.97. The van der Waals surface area contributed by atoms with Crippen molar-refractivity contribution >= 4 is 40.8 Å². The molecule has 3 heterocycles. The van der Waals surface area contributed by atoms with E-state index in [0.717, 1.165) is 38.0 Å². The SMILES string of the molecule is C=NC(=Nc1ccc(C(C)=C2CCN(CC)CC2)cn1)N/C(=C(\C)F)c1cc(F)c2nc(C)n(C(C)C)c2c1. The first kappa shape index (κ1) is 28.3. The number of allylic oxidation sites excluding steroid dienone is 2. The zero-order valence-corrected chi connectivity index (χ0v) is 23.6. The summed E-state index contributed by atoms with van der Waals surface area (Å²) >= 11 is 0. The Labute approximate surface area is 229 Å². The van der Waals surface area contributed by atoms with Crippen molar-refractivity contribution < 1.29 is 8.78 Å². The smallest absolute Gasteiger partial charge is 0.228 e. The van der Waals surface area contributed by atoms with E-state index in [-0.39, 0.29) is 23.2 Å². The Morgan fingerprint density at radius 1 is 1.15 bits per heavy atom. The van der Waals surface area contributed by atoms with Gasteiger partial charge in [0.1, 0.15) is 17.2 Å². The maximum atomic E-state index is 15.0. The van der Waals surface area contributed by atoms with Gasteiger partial charge in [-0.25, -0.2) is 23.7 Å². The van der Waals surface area contributed by atoms with Gasteiger partial charge in [-0.2, -0.15) is 4.99 Å². The molecule has 3 aromatic rings. The van der Waals surface area contributed by atoms with Gasteiger partial charge in [0, 0.05) is 30.9 Å². The highest BCUT2D eigenvalue weighted by atomic mass is 19.1. The first-order valence-electron chi connectivity index (χ1n) is 13.4. The molecule has 0 atom stereocenters. The molecule has 0 spiro atoms. The van der Waals surface area contributed by atoms with Crippen LogP contribution in [0.25, 0.3) is 22.3 Å². The molecule has 0 saturated carbocycles. The third-order valence-corrected chi connectivity index (χ3v) is 7.30. The zero-order chi connectivity index (χ0) is 28.3. The monoisotopic (exact) mass is 533 g/mol. The fraction of sp³-hybridized carbons (Fsp3) is 0.400. The molecule has 39 heavy (non-hydrogen) atoms. The number of imidazole rings is 1. The van der Waals surface area contributed by atoms with Crippen LogP contribution in [-0.2, 0) is 0 Å². The van der Waals surface area contributed by atoms with Crippen LogP contribution >= 0.6 is 0 Å². The molecule has 4 rings (SSSR count). The van der Waals surface area contributed by atoms with Gasteiger partial charge in [0.05, 0.1) is 11.2 Å². The number of hydrogen-bond acceptors (Lipinski definition) is 4. The molecule has 0 radical (unpaired) electrons. The Morgan fingerprint density at radius 3 is 2.44 bits per heavy atom. The molecule has 1 aromatic carbocycles. The summed E-state index contributed by atoms with van der Waals surface area (Å²) in [6.07, 6.45) is 3.93. The molecular weight excluding hydrogens is 496 g/mol. The molecule has 1 saturated heterocycles. The van der Waals surface area contributed by atoms with Crippen molar-refractivity contribution in [3.8, 4) is 0 Å². The Bertz CT molecular complexity index is 1450. The summed E-state index contributed by atoms with van der Waals surface area (Å²) in [7, 11) is 0. The number of aryl methyl sites for hydroxylation is 1. The quantitative estimate of drug-likeness (QED) is 0.274.